The van der Waals surface area contributed by atoms with E-state index in [-0.39, 0.29) is 56.5 Å². The van der Waals surface area contributed by atoms with Crippen molar-refractivity contribution < 1.29 is 29.0 Å². The number of aliphatic hydroxyl groups excluding tert-OH is 1. The highest BCUT2D eigenvalue weighted by atomic mass is 16.5. The molecule has 0 bridgehead atoms. The van der Waals surface area contributed by atoms with E-state index < -0.39 is 12.0 Å². The zero-order valence-electron chi connectivity index (χ0n) is 26.5. The molecule has 4 rings (SSSR count). The van der Waals surface area contributed by atoms with Crippen LogP contribution >= 0.6 is 0 Å². The van der Waals surface area contributed by atoms with Crippen molar-refractivity contribution in [3.05, 3.63) is 120 Å². The average molecular weight is 627 g/mol. The average Bonchev–Trinajstić information content (AvgIpc) is 3.08. The molecule has 1 aliphatic rings. The molecule has 3 unspecified atom stereocenters. The molecule has 0 fully saturated rings. The highest BCUT2D eigenvalue weighted by Gasteiger charge is 2.28. The molecule has 0 radical (unpaired) electrons. The Labute approximate surface area is 272 Å². The van der Waals surface area contributed by atoms with E-state index in [1.165, 1.54) is 0 Å². The van der Waals surface area contributed by atoms with Crippen LogP contribution in [-0.2, 0) is 43.4 Å². The first-order valence-corrected chi connectivity index (χ1v) is 16.2. The van der Waals surface area contributed by atoms with Crippen molar-refractivity contribution in [2.24, 2.45) is 11.8 Å². The normalized spacial score (nSPS) is 19.5. The van der Waals surface area contributed by atoms with E-state index in [9.17, 15) is 19.5 Å². The summed E-state index contributed by atoms with van der Waals surface area (Å²) in [4.78, 5) is 42.1. The second-order valence-electron chi connectivity index (χ2n) is 11.8. The third-order valence-corrected chi connectivity index (χ3v) is 8.10. The van der Waals surface area contributed by atoms with Gasteiger partial charge < -0.3 is 24.8 Å². The number of allylic oxidation sites excluding steroid dienone is 2. The van der Waals surface area contributed by atoms with Crippen LogP contribution in [0.1, 0.15) is 48.8 Å². The van der Waals surface area contributed by atoms with Crippen LogP contribution in [0, 0.1) is 11.8 Å². The zero-order chi connectivity index (χ0) is 32.4. The molecule has 2 amide bonds. The van der Waals surface area contributed by atoms with E-state index >= 15 is 0 Å². The van der Waals surface area contributed by atoms with Crippen molar-refractivity contribution in [1.29, 1.82) is 0 Å². The molecular weight excluding hydrogens is 580 g/mol. The summed E-state index contributed by atoms with van der Waals surface area (Å²) in [5, 5.41) is 12.7. The molecule has 3 aromatic carbocycles. The van der Waals surface area contributed by atoms with Crippen molar-refractivity contribution in [2.75, 3.05) is 26.4 Å². The maximum Gasteiger partial charge on any atom is 0.309 e. The first kappa shape index (κ1) is 34.6. The van der Waals surface area contributed by atoms with Crippen molar-refractivity contribution in [3.8, 4) is 0 Å². The summed E-state index contributed by atoms with van der Waals surface area (Å²) in [6.07, 6.45) is 7.17. The summed E-state index contributed by atoms with van der Waals surface area (Å²) >= 11 is 0. The zero-order valence-corrected chi connectivity index (χ0v) is 26.5. The Morgan fingerprint density at radius 3 is 2.20 bits per heavy atom. The fourth-order valence-corrected chi connectivity index (χ4v) is 5.55. The lowest BCUT2D eigenvalue weighted by atomic mass is 9.93. The fraction of sp³-hybridized carbons (Fsp3) is 0.395. The van der Waals surface area contributed by atoms with Gasteiger partial charge in [-0.25, -0.2) is 0 Å². The lowest BCUT2D eigenvalue weighted by molar-refractivity contribution is -0.151. The standard InChI is InChI=1S/C38H46N2O6/c41-23-22-40(26-31-16-8-4-9-17-31)36(42)25-33-20-12-1-2-13-21-34(24-30-14-6-3-7-15-30)38(44)46-29-35(39-37(33)43)28-45-27-32-18-10-5-11-19-32/h1,3-12,14-19,33-35,41H,2,13,20-29H2,(H,39,43). The van der Waals surface area contributed by atoms with E-state index in [0.717, 1.165) is 29.5 Å². The number of cyclic esters (lactones) is 1. The summed E-state index contributed by atoms with van der Waals surface area (Å²) in [5.74, 6) is -1.74. The molecule has 3 aromatic rings. The molecule has 46 heavy (non-hydrogen) atoms. The van der Waals surface area contributed by atoms with Crippen LogP contribution in [0.2, 0.25) is 0 Å². The summed E-state index contributed by atoms with van der Waals surface area (Å²) in [6, 6.07) is 28.6. The summed E-state index contributed by atoms with van der Waals surface area (Å²) in [7, 11) is 0. The van der Waals surface area contributed by atoms with E-state index in [0.29, 0.717) is 32.4 Å². The predicted molar refractivity (Wildman–Crippen MR) is 177 cm³/mol. The number of rotatable bonds is 12. The Hall–Kier alpha value is -4.27. The number of aliphatic hydroxyl groups is 1. The van der Waals surface area contributed by atoms with Crippen LogP contribution in [0.25, 0.3) is 0 Å². The Morgan fingerprint density at radius 1 is 0.870 bits per heavy atom. The molecule has 1 aliphatic heterocycles. The van der Waals surface area contributed by atoms with Gasteiger partial charge in [0.15, 0.2) is 0 Å². The molecule has 0 spiro atoms. The first-order valence-electron chi connectivity index (χ1n) is 16.2. The van der Waals surface area contributed by atoms with Crippen molar-refractivity contribution in [1.82, 2.24) is 10.2 Å². The van der Waals surface area contributed by atoms with Crippen LogP contribution in [0.5, 0.6) is 0 Å². The third-order valence-electron chi connectivity index (χ3n) is 8.10. The number of carbonyl (C=O) groups excluding carboxylic acids is 3. The molecular formula is C38H46N2O6. The molecule has 3 atom stereocenters. The van der Waals surface area contributed by atoms with Crippen molar-refractivity contribution >= 4 is 17.8 Å². The molecule has 8 heteroatoms. The number of nitrogens with one attached hydrogen (secondary N) is 1. The van der Waals surface area contributed by atoms with Crippen LogP contribution in [-0.4, -0.2) is 60.2 Å². The van der Waals surface area contributed by atoms with Gasteiger partial charge >= 0.3 is 5.97 Å². The van der Waals surface area contributed by atoms with E-state index in [1.807, 2.05) is 103 Å². The van der Waals surface area contributed by atoms with Crippen molar-refractivity contribution in [3.63, 3.8) is 0 Å². The van der Waals surface area contributed by atoms with Crippen LogP contribution in [0.4, 0.5) is 0 Å². The van der Waals surface area contributed by atoms with E-state index in [1.54, 1.807) is 4.90 Å². The quantitative estimate of drug-likeness (QED) is 0.210. The summed E-state index contributed by atoms with van der Waals surface area (Å²) in [5.41, 5.74) is 3.01. The molecule has 0 saturated carbocycles. The number of nitrogens with zero attached hydrogens (tertiary/aromatic N) is 1. The number of amides is 2. The number of hydrogen-bond acceptors (Lipinski definition) is 6. The minimum atomic E-state index is -0.637. The summed E-state index contributed by atoms with van der Waals surface area (Å²) in [6.45, 7) is 0.795. The Morgan fingerprint density at radius 2 is 1.52 bits per heavy atom. The number of carbonyl (C=O) groups is 3. The molecule has 244 valence electrons. The number of ether oxygens (including phenoxy) is 2. The van der Waals surface area contributed by atoms with Gasteiger partial charge in [0.2, 0.25) is 11.8 Å². The van der Waals surface area contributed by atoms with Crippen LogP contribution in [0.3, 0.4) is 0 Å². The van der Waals surface area contributed by atoms with Gasteiger partial charge in [0, 0.05) is 19.5 Å². The van der Waals surface area contributed by atoms with Gasteiger partial charge in [0.25, 0.3) is 0 Å². The topological polar surface area (TPSA) is 105 Å². The molecule has 0 saturated heterocycles. The van der Waals surface area contributed by atoms with Gasteiger partial charge in [-0.2, -0.15) is 0 Å². The number of benzene rings is 3. The highest BCUT2D eigenvalue weighted by molar-refractivity contribution is 5.86. The predicted octanol–water partition coefficient (Wildman–Crippen LogP) is 5.25. The first-order chi connectivity index (χ1) is 22.5. The molecule has 8 nitrogen and oxygen atoms in total. The Balaban J connectivity index is 1.48. The van der Waals surface area contributed by atoms with Gasteiger partial charge in [-0.15, -0.1) is 0 Å². The highest BCUT2D eigenvalue weighted by Crippen LogP contribution is 2.20. The lowest BCUT2D eigenvalue weighted by Crippen LogP contribution is -2.46. The van der Waals surface area contributed by atoms with E-state index in [2.05, 4.69) is 5.32 Å². The minimum absolute atomic E-state index is 0.0143. The second kappa shape index (κ2) is 19.3. The Bertz CT molecular complexity index is 1370. The van der Waals surface area contributed by atoms with Gasteiger partial charge in [0.1, 0.15) is 6.61 Å². The summed E-state index contributed by atoms with van der Waals surface area (Å²) < 4.78 is 11.8. The largest absolute Gasteiger partial charge is 0.463 e. The molecule has 0 aromatic heterocycles. The van der Waals surface area contributed by atoms with Crippen LogP contribution < -0.4 is 5.32 Å². The number of esters is 1. The van der Waals surface area contributed by atoms with Gasteiger partial charge in [-0.1, -0.05) is 103 Å². The Kier molecular flexibility index (Phi) is 14.5. The maximum atomic E-state index is 13.7. The monoisotopic (exact) mass is 626 g/mol. The number of hydrogen-bond donors (Lipinski definition) is 2. The minimum Gasteiger partial charge on any atom is -0.463 e. The van der Waals surface area contributed by atoms with Gasteiger partial charge in [-0.05, 0) is 48.8 Å². The maximum absolute atomic E-state index is 13.7. The van der Waals surface area contributed by atoms with Gasteiger partial charge in [0.05, 0.1) is 37.7 Å². The fourth-order valence-electron chi connectivity index (χ4n) is 5.55. The van der Waals surface area contributed by atoms with Crippen molar-refractivity contribution in [2.45, 2.75) is 57.7 Å². The van der Waals surface area contributed by atoms with Crippen LogP contribution in [0.15, 0.2) is 103 Å². The van der Waals surface area contributed by atoms with E-state index in [4.69, 9.17) is 9.47 Å². The SMILES string of the molecule is O=C1NC(COCc2ccccc2)COC(=O)C(Cc2ccccc2)CCCC=CCC1CC(=O)N(CCO)Cc1ccccc1. The van der Waals surface area contributed by atoms with Gasteiger partial charge in [-0.3, -0.25) is 14.4 Å². The third kappa shape index (κ3) is 11.9. The molecule has 0 aliphatic carbocycles. The second-order valence-corrected chi connectivity index (χ2v) is 11.8. The smallest absolute Gasteiger partial charge is 0.309 e. The molecule has 1 heterocycles. The lowest BCUT2D eigenvalue weighted by Gasteiger charge is -2.26. The molecule has 2 N–H and O–H groups in total.